The van der Waals surface area contributed by atoms with E-state index in [0.29, 0.717) is 17.5 Å². The molecule has 0 aromatic heterocycles. The van der Waals surface area contributed by atoms with Gasteiger partial charge in [0.05, 0.1) is 6.33 Å². The molecule has 62 valence electrons. The molecule has 1 rings (SSSR count). The summed E-state index contributed by atoms with van der Waals surface area (Å²) in [5.74, 6) is 0.493. The van der Waals surface area contributed by atoms with Crippen LogP contribution in [0.3, 0.4) is 0 Å². The third-order valence-electron chi connectivity index (χ3n) is 2.31. The molecule has 1 aliphatic rings. The van der Waals surface area contributed by atoms with Gasteiger partial charge in [0.2, 0.25) is 0 Å². The van der Waals surface area contributed by atoms with Crippen molar-refractivity contribution in [2.24, 2.45) is 5.92 Å². The standard InChI is InChI=1S/C9H13FS/c1-6-7(2)9(4-5-10)11-8(6)3/h4-5,7,9H,1-3H3/b5-4+/t7-,9-/m1/s1. The molecule has 0 N–H and O–H groups in total. The van der Waals surface area contributed by atoms with Crippen LogP contribution in [-0.4, -0.2) is 5.25 Å². The molecule has 0 saturated carbocycles. The van der Waals surface area contributed by atoms with Crippen molar-refractivity contribution in [2.45, 2.75) is 26.0 Å². The van der Waals surface area contributed by atoms with Crippen LogP contribution in [0.25, 0.3) is 0 Å². The topological polar surface area (TPSA) is 0 Å². The van der Waals surface area contributed by atoms with Crippen molar-refractivity contribution in [3.63, 3.8) is 0 Å². The first-order valence-electron chi connectivity index (χ1n) is 3.77. The Bertz CT molecular complexity index is 206. The first kappa shape index (κ1) is 8.85. The lowest BCUT2D eigenvalue weighted by molar-refractivity contribution is 0.683. The molecule has 0 aromatic carbocycles. The minimum Gasteiger partial charge on any atom is -0.216 e. The zero-order chi connectivity index (χ0) is 8.43. The van der Waals surface area contributed by atoms with E-state index in [1.165, 1.54) is 10.5 Å². The Morgan fingerprint density at radius 1 is 1.45 bits per heavy atom. The average Bonchev–Trinajstić information content (AvgIpc) is 2.19. The lowest BCUT2D eigenvalue weighted by atomic mass is 9.99. The average molecular weight is 172 g/mol. The van der Waals surface area contributed by atoms with E-state index in [9.17, 15) is 4.39 Å². The highest BCUT2D eigenvalue weighted by Crippen LogP contribution is 2.41. The quantitative estimate of drug-likeness (QED) is 0.583. The Hall–Kier alpha value is -0.240. The molecule has 0 radical (unpaired) electrons. The highest BCUT2D eigenvalue weighted by Gasteiger charge is 2.25. The van der Waals surface area contributed by atoms with Gasteiger partial charge in [0.25, 0.3) is 0 Å². The van der Waals surface area contributed by atoms with Crippen molar-refractivity contribution in [3.8, 4) is 0 Å². The second kappa shape index (κ2) is 3.44. The first-order chi connectivity index (χ1) is 5.16. The lowest BCUT2D eigenvalue weighted by Gasteiger charge is -2.09. The van der Waals surface area contributed by atoms with Gasteiger partial charge in [-0.15, -0.1) is 11.8 Å². The van der Waals surface area contributed by atoms with E-state index in [4.69, 9.17) is 0 Å². The van der Waals surface area contributed by atoms with Gasteiger partial charge >= 0.3 is 0 Å². The molecule has 0 saturated heterocycles. The van der Waals surface area contributed by atoms with Gasteiger partial charge in [-0.25, -0.2) is 4.39 Å². The van der Waals surface area contributed by atoms with Crippen molar-refractivity contribution in [1.82, 2.24) is 0 Å². The van der Waals surface area contributed by atoms with E-state index in [2.05, 4.69) is 20.8 Å². The molecular weight excluding hydrogens is 159 g/mol. The normalized spacial score (nSPS) is 32.4. The zero-order valence-corrected chi connectivity index (χ0v) is 7.91. The molecule has 0 bridgehead atoms. The summed E-state index contributed by atoms with van der Waals surface area (Å²) in [6, 6.07) is 0. The smallest absolute Gasteiger partial charge is 0.0838 e. The Labute approximate surface area is 71.6 Å². The summed E-state index contributed by atoms with van der Waals surface area (Å²) in [4.78, 5) is 1.35. The number of hydrogen-bond acceptors (Lipinski definition) is 1. The minimum atomic E-state index is 0.319. The molecule has 0 aromatic rings. The van der Waals surface area contributed by atoms with Crippen LogP contribution in [0.1, 0.15) is 20.8 Å². The van der Waals surface area contributed by atoms with Gasteiger partial charge in [0.1, 0.15) is 0 Å². The van der Waals surface area contributed by atoms with E-state index in [1.807, 2.05) is 0 Å². The second-order valence-electron chi connectivity index (χ2n) is 2.93. The van der Waals surface area contributed by atoms with E-state index in [1.54, 1.807) is 17.8 Å². The zero-order valence-electron chi connectivity index (χ0n) is 7.10. The Morgan fingerprint density at radius 3 is 2.45 bits per heavy atom. The molecular formula is C9H13FS. The SMILES string of the molecule is CC1=C(C)[C@@H](C)[C@@H](/C=C/F)S1. The van der Waals surface area contributed by atoms with Crippen molar-refractivity contribution in [3.05, 3.63) is 22.9 Å². The fraction of sp³-hybridized carbons (Fsp3) is 0.556. The molecule has 0 aliphatic carbocycles. The summed E-state index contributed by atoms with van der Waals surface area (Å²) in [5.41, 5.74) is 1.40. The minimum absolute atomic E-state index is 0.319. The maximum Gasteiger partial charge on any atom is 0.0838 e. The molecule has 0 nitrogen and oxygen atoms in total. The molecule has 0 unspecified atom stereocenters. The van der Waals surface area contributed by atoms with Gasteiger partial charge in [-0.1, -0.05) is 12.5 Å². The summed E-state index contributed by atoms with van der Waals surface area (Å²) in [7, 11) is 0. The number of thioether (sulfide) groups is 1. The Kier molecular flexibility index (Phi) is 2.77. The Balaban J connectivity index is 2.70. The number of rotatable bonds is 1. The third-order valence-corrected chi connectivity index (χ3v) is 3.82. The highest BCUT2D eigenvalue weighted by molar-refractivity contribution is 8.04. The molecule has 1 heterocycles. The van der Waals surface area contributed by atoms with Crippen molar-refractivity contribution >= 4 is 11.8 Å². The summed E-state index contributed by atoms with van der Waals surface area (Å²) in [6.45, 7) is 6.37. The predicted molar refractivity (Wildman–Crippen MR) is 49.2 cm³/mol. The van der Waals surface area contributed by atoms with E-state index in [-0.39, 0.29) is 0 Å². The number of allylic oxidation sites excluding steroid dienone is 2. The summed E-state index contributed by atoms with van der Waals surface area (Å²) in [5, 5.41) is 0.319. The molecule has 11 heavy (non-hydrogen) atoms. The van der Waals surface area contributed by atoms with Crippen LogP contribution in [0.15, 0.2) is 22.9 Å². The van der Waals surface area contributed by atoms with Gasteiger partial charge in [-0.05, 0) is 30.7 Å². The third kappa shape index (κ3) is 1.67. The van der Waals surface area contributed by atoms with Crippen LogP contribution in [0.2, 0.25) is 0 Å². The molecule has 0 amide bonds. The van der Waals surface area contributed by atoms with Crippen molar-refractivity contribution in [2.75, 3.05) is 0 Å². The van der Waals surface area contributed by atoms with Crippen LogP contribution < -0.4 is 0 Å². The number of halogens is 1. The molecule has 1 aliphatic heterocycles. The second-order valence-corrected chi connectivity index (χ2v) is 4.32. The maximum absolute atomic E-state index is 11.9. The van der Waals surface area contributed by atoms with Crippen LogP contribution in [0.4, 0.5) is 4.39 Å². The van der Waals surface area contributed by atoms with Crippen LogP contribution in [0.5, 0.6) is 0 Å². The van der Waals surface area contributed by atoms with Crippen LogP contribution >= 0.6 is 11.8 Å². The highest BCUT2D eigenvalue weighted by atomic mass is 32.2. The van der Waals surface area contributed by atoms with Crippen LogP contribution in [-0.2, 0) is 0 Å². The van der Waals surface area contributed by atoms with Gasteiger partial charge < -0.3 is 0 Å². The van der Waals surface area contributed by atoms with E-state index in [0.717, 1.165) is 0 Å². The molecule has 0 fully saturated rings. The van der Waals surface area contributed by atoms with Gasteiger partial charge in [-0.3, -0.25) is 0 Å². The van der Waals surface area contributed by atoms with E-state index >= 15 is 0 Å². The van der Waals surface area contributed by atoms with Crippen molar-refractivity contribution in [1.29, 1.82) is 0 Å². The summed E-state index contributed by atoms with van der Waals surface area (Å²) < 4.78 is 11.9. The predicted octanol–water partition coefficient (Wildman–Crippen LogP) is 3.52. The van der Waals surface area contributed by atoms with E-state index < -0.39 is 0 Å². The maximum atomic E-state index is 11.9. The molecule has 0 spiro atoms. The number of hydrogen-bond donors (Lipinski definition) is 0. The van der Waals surface area contributed by atoms with Gasteiger partial charge in [0, 0.05) is 5.25 Å². The van der Waals surface area contributed by atoms with Crippen LogP contribution in [0, 0.1) is 5.92 Å². The molecule has 2 atom stereocenters. The summed E-state index contributed by atoms with van der Waals surface area (Å²) >= 11 is 1.76. The summed E-state index contributed by atoms with van der Waals surface area (Å²) in [6.07, 6.45) is 2.29. The lowest BCUT2D eigenvalue weighted by Crippen LogP contribution is -2.06. The monoisotopic (exact) mass is 172 g/mol. The van der Waals surface area contributed by atoms with Gasteiger partial charge in [-0.2, -0.15) is 0 Å². The fourth-order valence-corrected chi connectivity index (χ4v) is 2.57. The largest absolute Gasteiger partial charge is 0.216 e. The fourth-order valence-electron chi connectivity index (χ4n) is 1.24. The van der Waals surface area contributed by atoms with Gasteiger partial charge in [0.15, 0.2) is 0 Å². The molecule has 2 heteroatoms. The first-order valence-corrected chi connectivity index (χ1v) is 4.65. The Morgan fingerprint density at radius 2 is 2.09 bits per heavy atom. The van der Waals surface area contributed by atoms with Crippen molar-refractivity contribution < 1.29 is 4.39 Å².